The smallest absolute Gasteiger partial charge is 0.280 e. The average Bonchev–Trinajstić information content (AvgIpc) is 2.84. The molecule has 0 radical (unpaired) electrons. The zero-order valence-electron chi connectivity index (χ0n) is 11.3. The highest BCUT2D eigenvalue weighted by Crippen LogP contribution is 2.21. The third-order valence-electron chi connectivity index (χ3n) is 3.32. The van der Waals surface area contributed by atoms with Gasteiger partial charge in [0.05, 0.1) is 11.9 Å². The van der Waals surface area contributed by atoms with Gasteiger partial charge in [0, 0.05) is 11.9 Å². The Balaban J connectivity index is 2.30. The van der Waals surface area contributed by atoms with Gasteiger partial charge in [0.25, 0.3) is 5.56 Å². The highest BCUT2D eigenvalue weighted by atomic mass is 32.1. The van der Waals surface area contributed by atoms with Crippen LogP contribution in [-0.2, 0) is 13.6 Å². The van der Waals surface area contributed by atoms with Crippen molar-refractivity contribution in [1.29, 1.82) is 0 Å². The number of hydrogen-bond acceptors (Lipinski definition) is 3. The molecule has 0 fully saturated rings. The van der Waals surface area contributed by atoms with Gasteiger partial charge in [-0.2, -0.15) is 0 Å². The zero-order valence-corrected chi connectivity index (χ0v) is 12.1. The van der Waals surface area contributed by atoms with Crippen LogP contribution in [0.3, 0.4) is 0 Å². The molecule has 3 aromatic rings. The van der Waals surface area contributed by atoms with Gasteiger partial charge in [-0.15, -0.1) is 11.3 Å². The maximum absolute atomic E-state index is 12.3. The van der Waals surface area contributed by atoms with Gasteiger partial charge in [0.15, 0.2) is 0 Å². The molecule has 1 aromatic carbocycles. The third kappa shape index (κ3) is 2.00. The lowest BCUT2D eigenvalue weighted by Crippen LogP contribution is -2.37. The van der Waals surface area contributed by atoms with E-state index >= 15 is 0 Å². The lowest BCUT2D eigenvalue weighted by atomic mass is 10.2. The van der Waals surface area contributed by atoms with Gasteiger partial charge < -0.3 is 0 Å². The molecule has 0 N–H and O–H groups in total. The van der Waals surface area contributed by atoms with Gasteiger partial charge in [-0.05, 0) is 18.6 Å². The van der Waals surface area contributed by atoms with Crippen LogP contribution in [0.4, 0.5) is 0 Å². The topological polar surface area (TPSA) is 44.0 Å². The Morgan fingerprint density at radius 3 is 2.55 bits per heavy atom. The number of thiophene rings is 1. The molecule has 20 heavy (non-hydrogen) atoms. The summed E-state index contributed by atoms with van der Waals surface area (Å²) in [7, 11) is 1.53. The second-order valence-corrected chi connectivity index (χ2v) is 6.03. The van der Waals surface area contributed by atoms with Gasteiger partial charge in [0.1, 0.15) is 4.83 Å². The molecule has 4 nitrogen and oxygen atoms in total. The van der Waals surface area contributed by atoms with Crippen molar-refractivity contribution in [2.24, 2.45) is 7.05 Å². The predicted molar refractivity (Wildman–Crippen MR) is 81.6 cm³/mol. The van der Waals surface area contributed by atoms with Crippen molar-refractivity contribution in [1.82, 2.24) is 9.13 Å². The number of hydrogen-bond donors (Lipinski definition) is 0. The fraction of sp³-hybridized carbons (Fsp3) is 0.200. The Kier molecular flexibility index (Phi) is 3.06. The Hall–Kier alpha value is -2.14. The van der Waals surface area contributed by atoms with E-state index in [0.717, 1.165) is 15.3 Å². The van der Waals surface area contributed by atoms with Crippen molar-refractivity contribution < 1.29 is 0 Å². The van der Waals surface area contributed by atoms with Gasteiger partial charge in [-0.1, -0.05) is 30.3 Å². The van der Waals surface area contributed by atoms with Gasteiger partial charge in [0.2, 0.25) is 0 Å². The molecule has 0 saturated carbocycles. The van der Waals surface area contributed by atoms with Crippen LogP contribution in [0.1, 0.15) is 10.4 Å². The minimum Gasteiger partial charge on any atom is -0.280 e. The zero-order chi connectivity index (χ0) is 14.3. The number of benzene rings is 1. The molecule has 0 aliphatic rings. The van der Waals surface area contributed by atoms with Crippen molar-refractivity contribution >= 4 is 21.6 Å². The fourth-order valence-corrected chi connectivity index (χ4v) is 3.29. The van der Waals surface area contributed by atoms with E-state index in [1.165, 1.54) is 23.0 Å². The Morgan fingerprint density at radius 1 is 1.15 bits per heavy atom. The number of rotatable bonds is 2. The average molecular weight is 286 g/mol. The summed E-state index contributed by atoms with van der Waals surface area (Å²) in [5.41, 5.74) is 0.549. The van der Waals surface area contributed by atoms with Crippen molar-refractivity contribution in [3.8, 4) is 0 Å². The summed E-state index contributed by atoms with van der Waals surface area (Å²) in [6.07, 6.45) is 0. The summed E-state index contributed by atoms with van der Waals surface area (Å²) in [6.45, 7) is 2.42. The van der Waals surface area contributed by atoms with Crippen LogP contribution < -0.4 is 11.2 Å². The molecule has 3 rings (SSSR count). The Labute approximate surface area is 119 Å². The first-order valence-corrected chi connectivity index (χ1v) is 7.13. The van der Waals surface area contributed by atoms with E-state index < -0.39 is 0 Å². The van der Waals surface area contributed by atoms with E-state index in [1.54, 1.807) is 4.57 Å². The summed E-state index contributed by atoms with van der Waals surface area (Å²) >= 11 is 1.48. The molecule has 5 heteroatoms. The van der Waals surface area contributed by atoms with Gasteiger partial charge in [-0.25, -0.2) is 4.79 Å². The van der Waals surface area contributed by atoms with Gasteiger partial charge in [-0.3, -0.25) is 13.9 Å². The first-order valence-electron chi connectivity index (χ1n) is 6.32. The third-order valence-corrected chi connectivity index (χ3v) is 4.39. The van der Waals surface area contributed by atoms with Crippen molar-refractivity contribution in [2.75, 3.05) is 0 Å². The molecule has 2 heterocycles. The molecule has 0 unspecified atom stereocenters. The number of aryl methyl sites for hydroxylation is 1. The SMILES string of the molecule is Cc1cc2c(=O)n(C)c(=O)n(Cc3ccccc3)c2s1. The molecular formula is C15H14N2O2S. The highest BCUT2D eigenvalue weighted by molar-refractivity contribution is 7.18. The van der Waals surface area contributed by atoms with Crippen LogP contribution in [0.5, 0.6) is 0 Å². The van der Waals surface area contributed by atoms with Crippen molar-refractivity contribution in [3.63, 3.8) is 0 Å². The molecule has 0 aliphatic carbocycles. The standard InChI is InChI=1S/C15H14N2O2S/c1-10-8-12-13(18)16(2)15(19)17(14(12)20-10)9-11-6-4-3-5-7-11/h3-8H,9H2,1-2H3. The van der Waals surface area contributed by atoms with E-state index in [0.29, 0.717) is 11.9 Å². The lowest BCUT2D eigenvalue weighted by molar-refractivity contribution is 0.678. The van der Waals surface area contributed by atoms with Gasteiger partial charge >= 0.3 is 5.69 Å². The molecule has 0 saturated heterocycles. The number of fused-ring (bicyclic) bond motifs is 1. The van der Waals surface area contributed by atoms with E-state index in [2.05, 4.69) is 0 Å². The molecule has 0 aliphatic heterocycles. The predicted octanol–water partition coefficient (Wildman–Crippen LogP) is 2.12. The van der Waals surface area contributed by atoms with Crippen LogP contribution in [0.2, 0.25) is 0 Å². The van der Waals surface area contributed by atoms with E-state index in [9.17, 15) is 9.59 Å². The molecule has 0 spiro atoms. The lowest BCUT2D eigenvalue weighted by Gasteiger charge is -2.09. The summed E-state index contributed by atoms with van der Waals surface area (Å²) < 4.78 is 2.85. The second kappa shape index (κ2) is 4.76. The molecule has 2 aromatic heterocycles. The van der Waals surface area contributed by atoms with Crippen LogP contribution >= 0.6 is 11.3 Å². The highest BCUT2D eigenvalue weighted by Gasteiger charge is 2.13. The first-order chi connectivity index (χ1) is 9.58. The maximum atomic E-state index is 12.3. The Morgan fingerprint density at radius 2 is 1.85 bits per heavy atom. The summed E-state index contributed by atoms with van der Waals surface area (Å²) in [6, 6.07) is 11.6. The van der Waals surface area contributed by atoms with E-state index in [4.69, 9.17) is 0 Å². The van der Waals surface area contributed by atoms with Crippen LogP contribution in [0, 0.1) is 6.92 Å². The quantitative estimate of drug-likeness (QED) is 0.724. The molecule has 102 valence electrons. The molecule has 0 amide bonds. The molecular weight excluding hydrogens is 272 g/mol. The molecule has 0 bridgehead atoms. The van der Waals surface area contributed by atoms with Crippen molar-refractivity contribution in [3.05, 3.63) is 67.7 Å². The number of aromatic nitrogens is 2. The van der Waals surface area contributed by atoms with Crippen molar-refractivity contribution in [2.45, 2.75) is 13.5 Å². The summed E-state index contributed by atoms with van der Waals surface area (Å²) in [4.78, 5) is 26.3. The number of nitrogens with zero attached hydrogens (tertiary/aromatic N) is 2. The van der Waals surface area contributed by atoms with E-state index in [-0.39, 0.29) is 11.2 Å². The minimum atomic E-state index is -0.270. The van der Waals surface area contributed by atoms with Crippen LogP contribution in [0.25, 0.3) is 10.2 Å². The second-order valence-electron chi connectivity index (χ2n) is 4.79. The van der Waals surface area contributed by atoms with Crippen LogP contribution in [-0.4, -0.2) is 9.13 Å². The van der Waals surface area contributed by atoms with Crippen LogP contribution in [0.15, 0.2) is 46.0 Å². The molecule has 0 atom stereocenters. The maximum Gasteiger partial charge on any atom is 0.332 e. The monoisotopic (exact) mass is 286 g/mol. The largest absolute Gasteiger partial charge is 0.332 e. The first kappa shape index (κ1) is 12.9. The summed E-state index contributed by atoms with van der Waals surface area (Å²) in [5.74, 6) is 0. The minimum absolute atomic E-state index is 0.223. The fourth-order valence-electron chi connectivity index (χ4n) is 2.30. The van der Waals surface area contributed by atoms with E-state index in [1.807, 2.05) is 43.3 Å². The normalized spacial score (nSPS) is 11.1. The summed E-state index contributed by atoms with van der Waals surface area (Å²) in [5, 5.41) is 0.616. The Bertz CT molecular complexity index is 888.